The SMILES string of the molecule is CC(C)Oc1cc(C#N)cc(-c2nc(-c3cccc4c3CCC4=N)no2)c1. The van der Waals surface area contributed by atoms with Crippen molar-refractivity contribution in [3.05, 3.63) is 53.1 Å². The van der Waals surface area contributed by atoms with Gasteiger partial charge in [-0.25, -0.2) is 0 Å². The van der Waals surface area contributed by atoms with Crippen molar-refractivity contribution in [1.29, 1.82) is 10.7 Å². The fourth-order valence-corrected chi connectivity index (χ4v) is 3.31. The molecule has 134 valence electrons. The van der Waals surface area contributed by atoms with E-state index in [1.807, 2.05) is 32.0 Å². The summed E-state index contributed by atoms with van der Waals surface area (Å²) < 4.78 is 11.2. The van der Waals surface area contributed by atoms with E-state index < -0.39 is 0 Å². The smallest absolute Gasteiger partial charge is 0.258 e. The number of hydrogen-bond donors (Lipinski definition) is 1. The number of rotatable bonds is 4. The van der Waals surface area contributed by atoms with Gasteiger partial charge in [-0.2, -0.15) is 10.2 Å². The minimum atomic E-state index is -0.00716. The topological polar surface area (TPSA) is 95.8 Å². The summed E-state index contributed by atoms with van der Waals surface area (Å²) in [5, 5.41) is 21.5. The lowest BCUT2D eigenvalue weighted by Gasteiger charge is -2.10. The van der Waals surface area contributed by atoms with Crippen LogP contribution in [0.5, 0.6) is 5.75 Å². The van der Waals surface area contributed by atoms with Crippen LogP contribution in [0.2, 0.25) is 0 Å². The third-order valence-electron chi connectivity index (χ3n) is 4.45. The lowest BCUT2D eigenvalue weighted by molar-refractivity contribution is 0.242. The molecule has 0 saturated heterocycles. The summed E-state index contributed by atoms with van der Waals surface area (Å²) in [5.74, 6) is 1.42. The molecule has 0 fully saturated rings. The van der Waals surface area contributed by atoms with E-state index in [1.165, 1.54) is 0 Å². The van der Waals surface area contributed by atoms with E-state index in [1.54, 1.807) is 18.2 Å². The minimum absolute atomic E-state index is 0.00716. The number of nitrogens with one attached hydrogen (secondary N) is 1. The van der Waals surface area contributed by atoms with Gasteiger partial charge in [0.1, 0.15) is 5.75 Å². The maximum absolute atomic E-state index is 9.29. The Balaban J connectivity index is 1.74. The molecule has 1 aromatic heterocycles. The van der Waals surface area contributed by atoms with Crippen LogP contribution in [0.4, 0.5) is 0 Å². The van der Waals surface area contributed by atoms with Crippen LogP contribution in [-0.2, 0) is 6.42 Å². The van der Waals surface area contributed by atoms with Crippen LogP contribution in [0, 0.1) is 16.7 Å². The van der Waals surface area contributed by atoms with Crippen molar-refractivity contribution < 1.29 is 9.26 Å². The van der Waals surface area contributed by atoms with E-state index in [9.17, 15) is 5.26 Å². The molecule has 0 saturated carbocycles. The highest BCUT2D eigenvalue weighted by atomic mass is 16.5. The molecular weight excluding hydrogens is 340 g/mol. The zero-order valence-corrected chi connectivity index (χ0v) is 15.1. The molecule has 6 nitrogen and oxygen atoms in total. The molecule has 0 unspecified atom stereocenters. The van der Waals surface area contributed by atoms with Crippen LogP contribution in [0.3, 0.4) is 0 Å². The molecule has 1 heterocycles. The zero-order valence-electron chi connectivity index (χ0n) is 15.1. The van der Waals surface area contributed by atoms with E-state index in [4.69, 9.17) is 14.7 Å². The summed E-state index contributed by atoms with van der Waals surface area (Å²) in [6.45, 7) is 3.86. The Labute approximate surface area is 156 Å². The van der Waals surface area contributed by atoms with Crippen LogP contribution < -0.4 is 4.74 Å². The fraction of sp³-hybridized carbons (Fsp3) is 0.238. The van der Waals surface area contributed by atoms with Gasteiger partial charge in [0.25, 0.3) is 5.89 Å². The van der Waals surface area contributed by atoms with Gasteiger partial charge in [0.15, 0.2) is 0 Å². The Morgan fingerprint density at radius 2 is 2.00 bits per heavy atom. The molecule has 4 rings (SSSR count). The van der Waals surface area contributed by atoms with Crippen LogP contribution in [0.15, 0.2) is 40.9 Å². The first kappa shape index (κ1) is 17.0. The second kappa shape index (κ2) is 6.69. The highest BCUT2D eigenvalue weighted by molar-refractivity contribution is 6.03. The number of benzene rings is 2. The van der Waals surface area contributed by atoms with Crippen molar-refractivity contribution in [2.75, 3.05) is 0 Å². The fourth-order valence-electron chi connectivity index (χ4n) is 3.31. The minimum Gasteiger partial charge on any atom is -0.491 e. The monoisotopic (exact) mass is 358 g/mol. The van der Waals surface area contributed by atoms with Gasteiger partial charge in [-0.05, 0) is 56.0 Å². The largest absolute Gasteiger partial charge is 0.491 e. The molecule has 27 heavy (non-hydrogen) atoms. The van der Waals surface area contributed by atoms with Gasteiger partial charge in [-0.1, -0.05) is 23.4 Å². The van der Waals surface area contributed by atoms with E-state index >= 15 is 0 Å². The van der Waals surface area contributed by atoms with Crippen LogP contribution in [0.1, 0.15) is 37.0 Å². The average molecular weight is 358 g/mol. The maximum Gasteiger partial charge on any atom is 0.258 e. The summed E-state index contributed by atoms with van der Waals surface area (Å²) in [4.78, 5) is 4.54. The molecule has 6 heteroatoms. The molecule has 3 aromatic rings. The predicted octanol–water partition coefficient (Wildman–Crippen LogP) is 4.38. The van der Waals surface area contributed by atoms with E-state index in [-0.39, 0.29) is 6.10 Å². The van der Waals surface area contributed by atoms with E-state index in [2.05, 4.69) is 16.2 Å². The first-order chi connectivity index (χ1) is 13.0. The Bertz CT molecular complexity index is 1080. The second-order valence-corrected chi connectivity index (χ2v) is 6.76. The second-order valence-electron chi connectivity index (χ2n) is 6.76. The molecule has 0 amide bonds. The van der Waals surface area contributed by atoms with Crippen LogP contribution in [0.25, 0.3) is 22.8 Å². The zero-order chi connectivity index (χ0) is 19.0. The van der Waals surface area contributed by atoms with E-state index in [0.717, 1.165) is 29.5 Å². The standard InChI is InChI=1S/C21H18N4O2/c1-12(2)26-15-9-13(11-22)8-14(10-15)21-24-20(25-27-21)18-5-3-4-17-16(18)6-7-19(17)23/h3-5,8-10,12,23H,6-7H2,1-2H3. The molecule has 2 aromatic carbocycles. The van der Waals surface area contributed by atoms with Crippen molar-refractivity contribution in [3.63, 3.8) is 0 Å². The Kier molecular flexibility index (Phi) is 4.21. The van der Waals surface area contributed by atoms with Crippen molar-refractivity contribution in [1.82, 2.24) is 10.1 Å². The summed E-state index contributed by atoms with van der Waals surface area (Å²) in [5.41, 5.74) is 4.69. The molecule has 0 atom stereocenters. The Hall–Kier alpha value is -3.46. The number of nitriles is 1. The van der Waals surface area contributed by atoms with E-state index in [0.29, 0.717) is 34.3 Å². The van der Waals surface area contributed by atoms with Crippen LogP contribution in [-0.4, -0.2) is 22.0 Å². The molecule has 1 aliphatic rings. The van der Waals surface area contributed by atoms with Gasteiger partial charge < -0.3 is 14.7 Å². The molecule has 1 N–H and O–H groups in total. The third-order valence-corrected chi connectivity index (χ3v) is 4.45. The summed E-state index contributed by atoms with van der Waals surface area (Å²) in [7, 11) is 0. The Morgan fingerprint density at radius 3 is 2.78 bits per heavy atom. The number of hydrogen-bond acceptors (Lipinski definition) is 6. The third kappa shape index (κ3) is 3.20. The average Bonchev–Trinajstić information content (AvgIpc) is 3.28. The highest BCUT2D eigenvalue weighted by Crippen LogP contribution is 2.33. The first-order valence-corrected chi connectivity index (χ1v) is 8.81. The van der Waals surface area contributed by atoms with Gasteiger partial charge in [0, 0.05) is 16.8 Å². The number of ether oxygens (including phenoxy) is 1. The molecule has 0 spiro atoms. The number of fused-ring (bicyclic) bond motifs is 1. The maximum atomic E-state index is 9.29. The molecular formula is C21H18N4O2. The lowest BCUT2D eigenvalue weighted by Crippen LogP contribution is -2.05. The Morgan fingerprint density at radius 1 is 1.19 bits per heavy atom. The summed E-state index contributed by atoms with van der Waals surface area (Å²) in [6, 6.07) is 13.1. The van der Waals surface area contributed by atoms with Gasteiger partial charge in [-0.15, -0.1) is 0 Å². The quantitative estimate of drug-likeness (QED) is 0.747. The van der Waals surface area contributed by atoms with Gasteiger partial charge in [0.05, 0.1) is 17.7 Å². The summed E-state index contributed by atoms with van der Waals surface area (Å²) >= 11 is 0. The number of nitrogens with zero attached hydrogens (tertiary/aromatic N) is 3. The van der Waals surface area contributed by atoms with Gasteiger partial charge in [0.2, 0.25) is 5.82 Å². The van der Waals surface area contributed by atoms with Gasteiger partial charge >= 0.3 is 0 Å². The van der Waals surface area contributed by atoms with Crippen LogP contribution >= 0.6 is 0 Å². The molecule has 0 radical (unpaired) electrons. The molecule has 0 aliphatic heterocycles. The molecule has 0 bridgehead atoms. The normalized spacial score (nSPS) is 12.9. The van der Waals surface area contributed by atoms with Crippen molar-refractivity contribution >= 4 is 5.71 Å². The summed E-state index contributed by atoms with van der Waals surface area (Å²) in [6.07, 6.45) is 1.54. The van der Waals surface area contributed by atoms with Crippen molar-refractivity contribution in [2.45, 2.75) is 32.8 Å². The lowest BCUT2D eigenvalue weighted by atomic mass is 10.0. The highest BCUT2D eigenvalue weighted by Gasteiger charge is 2.22. The van der Waals surface area contributed by atoms with Crippen molar-refractivity contribution in [2.24, 2.45) is 0 Å². The predicted molar refractivity (Wildman–Crippen MR) is 101 cm³/mol. The van der Waals surface area contributed by atoms with Gasteiger partial charge in [-0.3, -0.25) is 0 Å². The molecule has 1 aliphatic carbocycles. The first-order valence-electron chi connectivity index (χ1n) is 8.81. The van der Waals surface area contributed by atoms with Crippen molar-refractivity contribution in [3.8, 4) is 34.7 Å². The number of aromatic nitrogens is 2.